The molecule has 2 aromatic heterocycles. The van der Waals surface area contributed by atoms with Gasteiger partial charge in [-0.2, -0.15) is 9.67 Å². The Morgan fingerprint density at radius 1 is 1.29 bits per heavy atom. The predicted molar refractivity (Wildman–Crippen MR) is 87.9 cm³/mol. The summed E-state index contributed by atoms with van der Waals surface area (Å²) in [4.78, 5) is 6.80. The monoisotopic (exact) mass is 348 g/mol. The largest absolute Gasteiger partial charge is 0.334 e. The van der Waals surface area contributed by atoms with Crippen LogP contribution in [0.25, 0.3) is 17.1 Å². The van der Waals surface area contributed by atoms with Gasteiger partial charge in [-0.1, -0.05) is 17.3 Å². The van der Waals surface area contributed by atoms with Crippen LogP contribution >= 0.6 is 12.4 Å². The zero-order valence-electron chi connectivity index (χ0n) is 13.0. The van der Waals surface area contributed by atoms with Gasteiger partial charge in [-0.15, -0.1) is 17.5 Å². The Hall–Kier alpha value is -2.36. The minimum Gasteiger partial charge on any atom is -0.334 e. The first-order valence-electron chi connectivity index (χ1n) is 7.40. The van der Waals surface area contributed by atoms with Crippen LogP contribution in [0, 0.1) is 0 Å². The summed E-state index contributed by atoms with van der Waals surface area (Å²) in [7, 11) is 2.07. The smallest absolute Gasteiger partial charge is 0.260 e. The number of rotatable bonds is 3. The summed E-state index contributed by atoms with van der Waals surface area (Å²) < 4.78 is 7.07. The maximum Gasteiger partial charge on any atom is 0.260 e. The van der Waals surface area contributed by atoms with Crippen molar-refractivity contribution in [2.75, 3.05) is 26.7 Å². The fourth-order valence-corrected chi connectivity index (χ4v) is 2.70. The molecule has 0 radical (unpaired) electrons. The van der Waals surface area contributed by atoms with Crippen LogP contribution in [0.4, 0.5) is 0 Å². The minimum atomic E-state index is 0. The lowest BCUT2D eigenvalue weighted by Crippen LogP contribution is -2.44. The molecule has 1 aliphatic heterocycles. The van der Waals surface area contributed by atoms with E-state index < -0.39 is 0 Å². The molecule has 3 heterocycles. The number of nitrogens with zero attached hydrogens (tertiary/aromatic N) is 7. The van der Waals surface area contributed by atoms with Gasteiger partial charge in [-0.05, 0) is 29.6 Å². The number of hydrogen-bond acceptors (Lipinski definition) is 8. The summed E-state index contributed by atoms with van der Waals surface area (Å²) in [5, 5.41) is 18.8. The molecule has 0 bridgehead atoms. The maximum atomic E-state index is 5.49. The average molecular weight is 349 g/mol. The summed E-state index contributed by atoms with van der Waals surface area (Å²) in [6, 6.07) is 7.76. The second kappa shape index (κ2) is 7.04. The van der Waals surface area contributed by atoms with Crippen molar-refractivity contribution in [3.8, 4) is 17.1 Å². The molecule has 1 fully saturated rings. The Morgan fingerprint density at radius 2 is 2.17 bits per heavy atom. The average Bonchev–Trinajstić information content (AvgIpc) is 3.27. The lowest BCUT2D eigenvalue weighted by atomic mass is 10.1. The van der Waals surface area contributed by atoms with E-state index in [1.165, 1.54) is 6.33 Å². The van der Waals surface area contributed by atoms with Crippen molar-refractivity contribution < 1.29 is 4.52 Å². The standard InChI is InChI=1S/C14H16N8O.ClH/c1-21-7-6-15-8-12(21)13-17-14(23-18-13)10-4-2-3-5-11(10)22-9-16-19-20-22;/h2-5,9,12,15H,6-8H2,1H3;1H. The lowest BCUT2D eigenvalue weighted by molar-refractivity contribution is 0.190. The zero-order valence-corrected chi connectivity index (χ0v) is 13.8. The summed E-state index contributed by atoms with van der Waals surface area (Å²) in [6.45, 7) is 2.74. The van der Waals surface area contributed by atoms with E-state index in [2.05, 4.69) is 42.9 Å². The van der Waals surface area contributed by atoms with Gasteiger partial charge in [-0.3, -0.25) is 4.90 Å². The third kappa shape index (κ3) is 3.01. The number of para-hydroxylation sites is 1. The highest BCUT2D eigenvalue weighted by atomic mass is 35.5. The molecule has 0 saturated carbocycles. The van der Waals surface area contributed by atoms with E-state index in [0.717, 1.165) is 30.9 Å². The summed E-state index contributed by atoms with van der Waals surface area (Å²) in [5.41, 5.74) is 1.59. The summed E-state index contributed by atoms with van der Waals surface area (Å²) in [6.07, 6.45) is 1.54. The van der Waals surface area contributed by atoms with Crippen molar-refractivity contribution in [1.82, 2.24) is 40.6 Å². The van der Waals surface area contributed by atoms with Crippen LogP contribution in [0.5, 0.6) is 0 Å². The van der Waals surface area contributed by atoms with Gasteiger partial charge < -0.3 is 9.84 Å². The number of tetrazole rings is 1. The first-order chi connectivity index (χ1) is 11.3. The molecule has 0 spiro atoms. The molecule has 1 N–H and O–H groups in total. The molecule has 1 atom stereocenters. The quantitative estimate of drug-likeness (QED) is 0.739. The van der Waals surface area contributed by atoms with Crippen molar-refractivity contribution in [1.29, 1.82) is 0 Å². The summed E-state index contributed by atoms with van der Waals surface area (Å²) >= 11 is 0. The third-order valence-corrected chi connectivity index (χ3v) is 3.98. The molecule has 24 heavy (non-hydrogen) atoms. The predicted octanol–water partition coefficient (Wildman–Crippen LogP) is 0.710. The van der Waals surface area contributed by atoms with Crippen LogP contribution in [-0.4, -0.2) is 61.9 Å². The molecule has 1 aromatic carbocycles. The van der Waals surface area contributed by atoms with E-state index >= 15 is 0 Å². The van der Waals surface area contributed by atoms with Gasteiger partial charge in [0.2, 0.25) is 0 Å². The van der Waals surface area contributed by atoms with Crippen LogP contribution in [0.2, 0.25) is 0 Å². The fourth-order valence-electron chi connectivity index (χ4n) is 2.70. The number of nitrogens with one attached hydrogen (secondary N) is 1. The molecule has 4 rings (SSSR count). The molecule has 1 aliphatic rings. The molecule has 1 unspecified atom stereocenters. The van der Waals surface area contributed by atoms with Crippen molar-refractivity contribution >= 4 is 12.4 Å². The fraction of sp³-hybridized carbons (Fsp3) is 0.357. The number of halogens is 1. The van der Waals surface area contributed by atoms with Gasteiger partial charge in [0.05, 0.1) is 17.3 Å². The van der Waals surface area contributed by atoms with Gasteiger partial charge in [0.1, 0.15) is 6.33 Å². The number of hydrogen-bond donors (Lipinski definition) is 1. The highest BCUT2D eigenvalue weighted by molar-refractivity contribution is 5.85. The number of likely N-dealkylation sites (N-methyl/N-ethyl adjacent to an activating group) is 1. The second-order valence-corrected chi connectivity index (χ2v) is 5.43. The van der Waals surface area contributed by atoms with Gasteiger partial charge in [-0.25, -0.2) is 0 Å². The van der Waals surface area contributed by atoms with Crippen LogP contribution in [-0.2, 0) is 0 Å². The molecule has 9 nitrogen and oxygen atoms in total. The number of piperazine rings is 1. The SMILES string of the molecule is CN1CCNCC1c1noc(-c2ccccc2-n2cnnn2)n1.Cl. The number of benzene rings is 1. The van der Waals surface area contributed by atoms with Gasteiger partial charge in [0, 0.05) is 19.6 Å². The van der Waals surface area contributed by atoms with Gasteiger partial charge >= 0.3 is 0 Å². The Labute approximate surface area is 144 Å². The van der Waals surface area contributed by atoms with Crippen LogP contribution in [0.3, 0.4) is 0 Å². The van der Waals surface area contributed by atoms with E-state index in [9.17, 15) is 0 Å². The molecule has 10 heteroatoms. The van der Waals surface area contributed by atoms with E-state index in [4.69, 9.17) is 4.52 Å². The van der Waals surface area contributed by atoms with Crippen LogP contribution < -0.4 is 5.32 Å². The first kappa shape index (κ1) is 16.5. The Morgan fingerprint density at radius 3 is 2.96 bits per heavy atom. The Balaban J connectivity index is 0.00000169. The maximum absolute atomic E-state index is 5.49. The molecule has 3 aromatic rings. The van der Waals surface area contributed by atoms with Crippen LogP contribution in [0.15, 0.2) is 35.1 Å². The molecule has 1 saturated heterocycles. The minimum absolute atomic E-state index is 0. The molecular formula is C14H17ClN8O. The van der Waals surface area contributed by atoms with Crippen molar-refractivity contribution in [2.45, 2.75) is 6.04 Å². The van der Waals surface area contributed by atoms with Crippen molar-refractivity contribution in [3.63, 3.8) is 0 Å². The number of aromatic nitrogens is 6. The van der Waals surface area contributed by atoms with Gasteiger partial charge in [0.15, 0.2) is 5.82 Å². The first-order valence-corrected chi connectivity index (χ1v) is 7.40. The molecular weight excluding hydrogens is 332 g/mol. The van der Waals surface area contributed by atoms with E-state index in [1.807, 2.05) is 24.3 Å². The van der Waals surface area contributed by atoms with Crippen LogP contribution in [0.1, 0.15) is 11.9 Å². The Bertz CT molecular complexity index is 790. The summed E-state index contributed by atoms with van der Waals surface area (Å²) in [5.74, 6) is 1.14. The highest BCUT2D eigenvalue weighted by Gasteiger charge is 2.26. The molecule has 0 aliphatic carbocycles. The highest BCUT2D eigenvalue weighted by Crippen LogP contribution is 2.26. The van der Waals surface area contributed by atoms with Crippen molar-refractivity contribution in [2.24, 2.45) is 0 Å². The van der Waals surface area contributed by atoms with E-state index in [1.54, 1.807) is 4.68 Å². The zero-order chi connectivity index (χ0) is 15.6. The van der Waals surface area contributed by atoms with E-state index in [-0.39, 0.29) is 18.4 Å². The lowest BCUT2D eigenvalue weighted by Gasteiger charge is -2.30. The van der Waals surface area contributed by atoms with Crippen molar-refractivity contribution in [3.05, 3.63) is 36.4 Å². The second-order valence-electron chi connectivity index (χ2n) is 5.43. The normalized spacial score (nSPS) is 18.3. The molecule has 126 valence electrons. The molecule has 0 amide bonds. The topological polar surface area (TPSA) is 97.8 Å². The van der Waals surface area contributed by atoms with E-state index in [0.29, 0.717) is 11.7 Å². The third-order valence-electron chi connectivity index (χ3n) is 3.98. The Kier molecular flexibility index (Phi) is 4.84. The van der Waals surface area contributed by atoms with Gasteiger partial charge in [0.25, 0.3) is 5.89 Å².